The van der Waals surface area contributed by atoms with Gasteiger partial charge in [0.1, 0.15) is 6.54 Å². The van der Waals surface area contributed by atoms with Crippen LogP contribution in [0.1, 0.15) is 41.1 Å². The summed E-state index contributed by atoms with van der Waals surface area (Å²) in [4.78, 5) is 34.8. The summed E-state index contributed by atoms with van der Waals surface area (Å²) in [6, 6.07) is 10.2. The van der Waals surface area contributed by atoms with Gasteiger partial charge in [0.25, 0.3) is 11.5 Å². The molecule has 0 saturated heterocycles. The zero-order valence-electron chi connectivity index (χ0n) is 13.1. The summed E-state index contributed by atoms with van der Waals surface area (Å²) in [6.45, 7) is -0.445. The van der Waals surface area contributed by atoms with Crippen molar-refractivity contribution in [3.63, 3.8) is 0 Å². The maximum atomic E-state index is 12.4. The second-order valence-electron chi connectivity index (χ2n) is 5.99. The lowest BCUT2D eigenvalue weighted by Crippen LogP contribution is -2.24. The van der Waals surface area contributed by atoms with Gasteiger partial charge in [-0.3, -0.25) is 14.4 Å². The number of anilines is 1. The number of pyridine rings is 1. The highest BCUT2D eigenvalue weighted by Gasteiger charge is 2.20. The lowest BCUT2D eigenvalue weighted by Gasteiger charge is -2.26. The molecular weight excluding hydrogens is 308 g/mol. The number of hydrogen-bond donors (Lipinski definition) is 2. The first kappa shape index (κ1) is 16.0. The van der Waals surface area contributed by atoms with E-state index in [-0.39, 0.29) is 5.91 Å². The van der Waals surface area contributed by atoms with Crippen molar-refractivity contribution in [3.8, 4) is 0 Å². The first-order valence-corrected chi connectivity index (χ1v) is 7.86. The molecular formula is C18H18N2O4. The predicted molar refractivity (Wildman–Crippen MR) is 89.3 cm³/mol. The van der Waals surface area contributed by atoms with Crippen molar-refractivity contribution in [3.05, 3.63) is 64.1 Å². The SMILES string of the molecule is O=C(O)Cn1cc(NC(=O)c2cccc(C3CCC3)c2)ccc1=O. The summed E-state index contributed by atoms with van der Waals surface area (Å²) in [5.74, 6) is -0.860. The monoisotopic (exact) mass is 326 g/mol. The summed E-state index contributed by atoms with van der Waals surface area (Å²) < 4.78 is 1.04. The molecule has 0 spiro atoms. The summed E-state index contributed by atoms with van der Waals surface area (Å²) in [7, 11) is 0. The zero-order valence-corrected chi connectivity index (χ0v) is 13.1. The van der Waals surface area contributed by atoms with Gasteiger partial charge in [-0.25, -0.2) is 0 Å². The molecule has 1 fully saturated rings. The number of hydrogen-bond acceptors (Lipinski definition) is 3. The molecule has 1 aliphatic carbocycles. The second-order valence-corrected chi connectivity index (χ2v) is 5.99. The molecule has 3 rings (SSSR count). The van der Waals surface area contributed by atoms with Crippen LogP contribution in [-0.4, -0.2) is 21.6 Å². The Balaban J connectivity index is 1.77. The first-order valence-electron chi connectivity index (χ1n) is 7.86. The largest absolute Gasteiger partial charge is 0.480 e. The molecule has 1 aromatic carbocycles. The Bertz CT molecular complexity index is 837. The van der Waals surface area contributed by atoms with Crippen molar-refractivity contribution >= 4 is 17.6 Å². The van der Waals surface area contributed by atoms with Gasteiger partial charge >= 0.3 is 5.97 Å². The highest BCUT2D eigenvalue weighted by molar-refractivity contribution is 6.04. The molecule has 0 radical (unpaired) electrons. The number of nitrogens with one attached hydrogen (secondary N) is 1. The number of aromatic nitrogens is 1. The van der Waals surface area contributed by atoms with Gasteiger partial charge < -0.3 is 15.0 Å². The van der Waals surface area contributed by atoms with Crippen LogP contribution in [0.25, 0.3) is 0 Å². The number of carbonyl (C=O) groups excluding carboxylic acids is 1. The number of nitrogens with zero attached hydrogens (tertiary/aromatic N) is 1. The van der Waals surface area contributed by atoms with Crippen molar-refractivity contribution in [2.75, 3.05) is 5.32 Å². The van der Waals surface area contributed by atoms with E-state index in [1.54, 1.807) is 6.07 Å². The standard InChI is InChI=1S/C18H18N2O4/c21-16-8-7-15(10-20(16)11-17(22)23)19-18(24)14-6-2-5-13(9-14)12-3-1-4-12/h2,5-10,12H,1,3-4,11H2,(H,19,24)(H,22,23). The summed E-state index contributed by atoms with van der Waals surface area (Å²) in [6.07, 6.45) is 4.88. The fourth-order valence-corrected chi connectivity index (χ4v) is 2.75. The van der Waals surface area contributed by atoms with Crippen molar-refractivity contribution < 1.29 is 14.7 Å². The average Bonchev–Trinajstić information content (AvgIpc) is 2.49. The van der Waals surface area contributed by atoms with Crippen LogP contribution in [0.15, 0.2) is 47.4 Å². The zero-order chi connectivity index (χ0) is 17.1. The number of benzene rings is 1. The molecule has 1 aliphatic rings. The Morgan fingerprint density at radius 1 is 1.21 bits per heavy atom. The topological polar surface area (TPSA) is 88.4 Å². The molecule has 24 heavy (non-hydrogen) atoms. The molecule has 1 saturated carbocycles. The molecule has 124 valence electrons. The second kappa shape index (κ2) is 6.70. The van der Waals surface area contributed by atoms with Crippen LogP contribution in [0.3, 0.4) is 0 Å². The molecule has 1 heterocycles. The van der Waals surface area contributed by atoms with Crippen molar-refractivity contribution in [2.45, 2.75) is 31.7 Å². The van der Waals surface area contributed by atoms with E-state index in [0.29, 0.717) is 17.2 Å². The Morgan fingerprint density at radius 3 is 2.67 bits per heavy atom. The summed E-state index contributed by atoms with van der Waals surface area (Å²) in [5.41, 5.74) is 1.68. The molecule has 6 heteroatoms. The lowest BCUT2D eigenvalue weighted by molar-refractivity contribution is -0.137. The quantitative estimate of drug-likeness (QED) is 0.883. The van der Waals surface area contributed by atoms with E-state index >= 15 is 0 Å². The maximum Gasteiger partial charge on any atom is 0.323 e. The van der Waals surface area contributed by atoms with Crippen LogP contribution in [0.4, 0.5) is 5.69 Å². The number of aliphatic carboxylic acids is 1. The van der Waals surface area contributed by atoms with Crippen molar-refractivity contribution in [1.82, 2.24) is 4.57 Å². The Hall–Kier alpha value is -2.89. The van der Waals surface area contributed by atoms with E-state index in [0.717, 1.165) is 17.4 Å². The van der Waals surface area contributed by atoms with Gasteiger partial charge in [-0.1, -0.05) is 18.6 Å². The number of carboxylic acids is 1. The van der Waals surface area contributed by atoms with E-state index < -0.39 is 18.1 Å². The predicted octanol–water partition coefficient (Wildman–Crippen LogP) is 2.45. The molecule has 2 N–H and O–H groups in total. The molecule has 0 aliphatic heterocycles. The first-order chi connectivity index (χ1) is 11.5. The molecule has 1 aromatic heterocycles. The molecule has 6 nitrogen and oxygen atoms in total. The smallest absolute Gasteiger partial charge is 0.323 e. The van der Waals surface area contributed by atoms with Crippen LogP contribution in [0.5, 0.6) is 0 Å². The third-order valence-corrected chi connectivity index (χ3v) is 4.27. The average molecular weight is 326 g/mol. The number of amides is 1. The Labute approximate surface area is 138 Å². The van der Waals surface area contributed by atoms with Gasteiger partial charge in [-0.2, -0.15) is 0 Å². The van der Waals surface area contributed by atoms with E-state index in [1.807, 2.05) is 18.2 Å². The fourth-order valence-electron chi connectivity index (χ4n) is 2.75. The number of rotatable bonds is 5. The van der Waals surface area contributed by atoms with E-state index in [2.05, 4.69) is 5.32 Å². The van der Waals surface area contributed by atoms with E-state index in [1.165, 1.54) is 30.3 Å². The molecule has 0 unspecified atom stereocenters. The van der Waals surface area contributed by atoms with Crippen LogP contribution in [0.2, 0.25) is 0 Å². The third kappa shape index (κ3) is 3.53. The minimum atomic E-state index is -1.12. The van der Waals surface area contributed by atoms with Crippen LogP contribution in [-0.2, 0) is 11.3 Å². The highest BCUT2D eigenvalue weighted by atomic mass is 16.4. The normalized spacial score (nSPS) is 14.0. The molecule has 2 aromatic rings. The summed E-state index contributed by atoms with van der Waals surface area (Å²) in [5, 5.41) is 11.5. The number of carboxylic acid groups (broad SMARTS) is 1. The molecule has 1 amide bonds. The van der Waals surface area contributed by atoms with Crippen LogP contribution in [0, 0.1) is 0 Å². The van der Waals surface area contributed by atoms with Gasteiger partial charge in [0.15, 0.2) is 0 Å². The minimum Gasteiger partial charge on any atom is -0.480 e. The van der Waals surface area contributed by atoms with Gasteiger partial charge in [-0.15, -0.1) is 0 Å². The van der Waals surface area contributed by atoms with Crippen molar-refractivity contribution in [2.24, 2.45) is 0 Å². The minimum absolute atomic E-state index is 0.281. The van der Waals surface area contributed by atoms with Gasteiger partial charge in [-0.05, 0) is 42.5 Å². The maximum absolute atomic E-state index is 12.4. The third-order valence-electron chi connectivity index (χ3n) is 4.27. The van der Waals surface area contributed by atoms with Crippen molar-refractivity contribution in [1.29, 1.82) is 0 Å². The lowest BCUT2D eigenvalue weighted by atomic mass is 9.80. The van der Waals surface area contributed by atoms with E-state index in [4.69, 9.17) is 5.11 Å². The Kier molecular flexibility index (Phi) is 4.46. The highest BCUT2D eigenvalue weighted by Crippen LogP contribution is 2.36. The summed E-state index contributed by atoms with van der Waals surface area (Å²) >= 11 is 0. The van der Waals surface area contributed by atoms with Crippen LogP contribution >= 0.6 is 0 Å². The number of carbonyl (C=O) groups is 2. The Morgan fingerprint density at radius 2 is 2.00 bits per heavy atom. The van der Waals surface area contributed by atoms with E-state index in [9.17, 15) is 14.4 Å². The van der Waals surface area contributed by atoms with Crippen LogP contribution < -0.4 is 10.9 Å². The molecule has 0 atom stereocenters. The van der Waals surface area contributed by atoms with Gasteiger partial charge in [0.05, 0.1) is 5.69 Å². The molecule has 0 bridgehead atoms. The fraction of sp³-hybridized carbons (Fsp3) is 0.278. The van der Waals surface area contributed by atoms with Gasteiger partial charge in [0.2, 0.25) is 0 Å². The van der Waals surface area contributed by atoms with Gasteiger partial charge in [0, 0.05) is 17.8 Å².